The molecule has 0 fully saturated rings. The van der Waals surface area contributed by atoms with Crippen LogP contribution >= 0.6 is 11.5 Å². The Balaban J connectivity index is 2.59. The van der Waals surface area contributed by atoms with Crippen molar-refractivity contribution in [3.8, 4) is 0 Å². The molecule has 0 saturated heterocycles. The zero-order valence-corrected chi connectivity index (χ0v) is 6.18. The highest BCUT2D eigenvalue weighted by atomic mass is 35.5. The first-order valence-electron chi connectivity index (χ1n) is 3.29. The van der Waals surface area contributed by atoms with Crippen molar-refractivity contribution in [1.82, 2.24) is 0 Å². The third kappa shape index (κ3) is 0.782. The van der Waals surface area contributed by atoms with Crippen LogP contribution < -0.4 is 5.46 Å². The summed E-state index contributed by atoms with van der Waals surface area (Å²) in [7, 11) is 0. The summed E-state index contributed by atoms with van der Waals surface area (Å²) in [6, 6.07) is 8.18. The highest BCUT2D eigenvalue weighted by Gasteiger charge is 2.16. The van der Waals surface area contributed by atoms with Crippen LogP contribution in [0.3, 0.4) is 0 Å². The van der Waals surface area contributed by atoms with Gasteiger partial charge in [-0.25, -0.2) is 0 Å². The van der Waals surface area contributed by atoms with Crippen molar-refractivity contribution in [3.05, 3.63) is 35.8 Å². The summed E-state index contributed by atoms with van der Waals surface area (Å²) < 4.78 is 0. The monoisotopic (exact) mass is 148 g/mol. The Morgan fingerprint density at radius 1 is 1.20 bits per heavy atom. The van der Waals surface area contributed by atoms with Gasteiger partial charge < -0.3 is 0 Å². The van der Waals surface area contributed by atoms with Crippen molar-refractivity contribution >= 4 is 29.1 Å². The quantitative estimate of drug-likeness (QED) is 0.491. The van der Waals surface area contributed by atoms with Gasteiger partial charge in [-0.05, 0) is 5.56 Å². The highest BCUT2D eigenvalue weighted by Crippen LogP contribution is 2.11. The molecule has 0 radical (unpaired) electrons. The van der Waals surface area contributed by atoms with Gasteiger partial charge in [-0.1, -0.05) is 41.8 Å². The Hall–Kier alpha value is -0.685. The fourth-order valence-electron chi connectivity index (χ4n) is 1.21. The molecule has 2 heteroatoms. The molecule has 1 aromatic rings. The summed E-state index contributed by atoms with van der Waals surface area (Å²) in [4.78, 5) is 0. The lowest BCUT2D eigenvalue weighted by Crippen LogP contribution is -2.19. The minimum absolute atomic E-state index is 0.0937. The summed E-state index contributed by atoms with van der Waals surface area (Å²) in [5.74, 6) is 2.01. The molecule has 1 aliphatic heterocycles. The van der Waals surface area contributed by atoms with E-state index in [-0.39, 0.29) is 6.13 Å². The Labute approximate surface area is 65.5 Å². The van der Waals surface area contributed by atoms with Crippen LogP contribution in [0.25, 0.3) is 6.08 Å². The number of fused-ring (bicyclic) bond motifs is 1. The van der Waals surface area contributed by atoms with Gasteiger partial charge in [0.2, 0.25) is 0 Å². The topological polar surface area (TPSA) is 0 Å². The number of benzene rings is 1. The highest BCUT2D eigenvalue weighted by molar-refractivity contribution is 7.18. The molecule has 0 nitrogen and oxygen atoms in total. The summed E-state index contributed by atoms with van der Waals surface area (Å²) in [6.07, 6.45) is 2.16. The lowest BCUT2D eigenvalue weighted by molar-refractivity contribution is 1.73. The number of rotatable bonds is 0. The van der Waals surface area contributed by atoms with Gasteiger partial charge in [0.15, 0.2) is 0 Å². The predicted octanol–water partition coefficient (Wildman–Crippen LogP) is 1.69. The standard InChI is InChI=1S/C8H6BCl/c10-9-6-5-7-3-1-2-4-8(7)9/h1-6H. The third-order valence-corrected chi connectivity index (χ3v) is 2.12. The molecule has 0 aromatic heterocycles. The number of halogens is 1. The molecule has 1 aromatic carbocycles. The zero-order valence-electron chi connectivity index (χ0n) is 5.42. The molecule has 0 N–H and O–H groups in total. The fraction of sp³-hybridized carbons (Fsp3) is 0. The maximum Gasteiger partial charge on any atom is 0.308 e. The van der Waals surface area contributed by atoms with Gasteiger partial charge in [0.1, 0.15) is 0 Å². The van der Waals surface area contributed by atoms with Crippen LogP contribution in [0, 0.1) is 0 Å². The van der Waals surface area contributed by atoms with Crippen LogP contribution in [0.5, 0.6) is 0 Å². The molecule has 0 saturated carbocycles. The second-order valence-electron chi connectivity index (χ2n) is 2.39. The van der Waals surface area contributed by atoms with Crippen LogP contribution in [0.1, 0.15) is 5.56 Å². The lowest BCUT2D eigenvalue weighted by Gasteiger charge is -1.96. The minimum atomic E-state index is 0.0937. The van der Waals surface area contributed by atoms with Gasteiger partial charge in [0, 0.05) is 0 Å². The zero-order chi connectivity index (χ0) is 6.97. The van der Waals surface area contributed by atoms with E-state index in [2.05, 4.69) is 18.2 Å². The van der Waals surface area contributed by atoms with Gasteiger partial charge >= 0.3 is 6.13 Å². The molecule has 1 aliphatic rings. The maximum atomic E-state index is 5.96. The van der Waals surface area contributed by atoms with E-state index in [1.54, 1.807) is 0 Å². The first-order chi connectivity index (χ1) is 4.88. The summed E-state index contributed by atoms with van der Waals surface area (Å²) in [5.41, 5.74) is 2.48. The van der Waals surface area contributed by atoms with Crippen LogP contribution in [0.4, 0.5) is 0 Å². The average molecular weight is 148 g/mol. The molecule has 0 spiro atoms. The van der Waals surface area contributed by atoms with Gasteiger partial charge in [-0.15, -0.1) is 0 Å². The molecule has 0 amide bonds. The molecule has 10 heavy (non-hydrogen) atoms. The largest absolute Gasteiger partial charge is 0.308 e. The second-order valence-corrected chi connectivity index (χ2v) is 2.86. The first-order valence-corrected chi connectivity index (χ1v) is 3.73. The molecular formula is C8H6BCl. The first kappa shape index (κ1) is 6.05. The SMILES string of the molecule is ClB1C=Cc2ccccc21. The molecular weight excluding hydrogens is 142 g/mol. The average Bonchev–Trinajstić information content (AvgIpc) is 2.34. The van der Waals surface area contributed by atoms with Gasteiger partial charge in [-0.2, -0.15) is 11.5 Å². The van der Waals surface area contributed by atoms with Gasteiger partial charge in [0.25, 0.3) is 0 Å². The second kappa shape index (κ2) is 2.17. The molecule has 48 valence electrons. The summed E-state index contributed by atoms with van der Waals surface area (Å²) >= 11 is 5.96. The van der Waals surface area contributed by atoms with E-state index < -0.39 is 0 Å². The van der Waals surface area contributed by atoms with Crippen molar-refractivity contribution in [3.63, 3.8) is 0 Å². The normalized spacial score (nSPS) is 13.9. The Morgan fingerprint density at radius 3 is 2.80 bits per heavy atom. The van der Waals surface area contributed by atoms with Crippen molar-refractivity contribution in [2.24, 2.45) is 0 Å². The van der Waals surface area contributed by atoms with E-state index in [1.807, 2.05) is 18.1 Å². The molecule has 2 rings (SSSR count). The third-order valence-electron chi connectivity index (χ3n) is 1.74. The predicted molar refractivity (Wildman–Crippen MR) is 46.7 cm³/mol. The van der Waals surface area contributed by atoms with E-state index in [0.717, 1.165) is 0 Å². The Morgan fingerprint density at radius 2 is 2.00 bits per heavy atom. The van der Waals surface area contributed by atoms with E-state index in [4.69, 9.17) is 11.5 Å². The van der Waals surface area contributed by atoms with Gasteiger partial charge in [0.05, 0.1) is 0 Å². The van der Waals surface area contributed by atoms with E-state index in [1.165, 1.54) is 11.0 Å². The van der Waals surface area contributed by atoms with Crippen molar-refractivity contribution in [2.45, 2.75) is 0 Å². The molecule has 0 atom stereocenters. The minimum Gasteiger partial charge on any atom is -0.183 e. The smallest absolute Gasteiger partial charge is 0.183 e. The number of hydrogen-bond acceptors (Lipinski definition) is 0. The lowest BCUT2D eigenvalue weighted by atomic mass is 9.71. The van der Waals surface area contributed by atoms with E-state index in [0.29, 0.717) is 0 Å². The van der Waals surface area contributed by atoms with Crippen LogP contribution in [-0.2, 0) is 0 Å². The number of hydrogen-bond donors (Lipinski definition) is 0. The Bertz CT molecular complexity index is 280. The molecule has 1 heterocycles. The maximum absolute atomic E-state index is 5.96. The van der Waals surface area contributed by atoms with Crippen molar-refractivity contribution in [1.29, 1.82) is 0 Å². The van der Waals surface area contributed by atoms with Gasteiger partial charge in [-0.3, -0.25) is 0 Å². The molecule has 0 unspecified atom stereocenters. The Kier molecular flexibility index (Phi) is 1.31. The van der Waals surface area contributed by atoms with Crippen LogP contribution in [0.15, 0.2) is 30.2 Å². The molecule has 0 bridgehead atoms. The van der Waals surface area contributed by atoms with Crippen LogP contribution in [-0.4, -0.2) is 6.13 Å². The van der Waals surface area contributed by atoms with Crippen molar-refractivity contribution < 1.29 is 0 Å². The molecule has 0 aliphatic carbocycles. The van der Waals surface area contributed by atoms with Crippen molar-refractivity contribution in [2.75, 3.05) is 0 Å². The summed E-state index contributed by atoms with van der Waals surface area (Å²) in [6.45, 7) is 0. The fourth-order valence-corrected chi connectivity index (χ4v) is 1.48. The summed E-state index contributed by atoms with van der Waals surface area (Å²) in [5, 5.41) is 0. The van der Waals surface area contributed by atoms with E-state index in [9.17, 15) is 0 Å². The van der Waals surface area contributed by atoms with Crippen LogP contribution in [0.2, 0.25) is 0 Å². The van der Waals surface area contributed by atoms with E-state index >= 15 is 0 Å².